The minimum absolute atomic E-state index is 0.0417. The first-order chi connectivity index (χ1) is 15.7. The summed E-state index contributed by atoms with van der Waals surface area (Å²) < 4.78 is 20.7. The smallest absolute Gasteiger partial charge is 0.130 e. The first-order valence-electron chi connectivity index (χ1n) is 13.7. The Balaban J connectivity index is 1.29. The van der Waals surface area contributed by atoms with E-state index >= 15 is 0 Å². The van der Waals surface area contributed by atoms with Crippen LogP contribution in [0.5, 0.6) is 5.75 Å². The Bertz CT molecular complexity index is 753. The first-order valence-corrected chi connectivity index (χ1v) is 13.7. The maximum Gasteiger partial charge on any atom is 0.130 e. The zero-order chi connectivity index (χ0) is 22.3. The molecule has 3 aliphatic rings. The van der Waals surface area contributed by atoms with E-state index < -0.39 is 0 Å². The molecule has 0 heterocycles. The van der Waals surface area contributed by atoms with Crippen LogP contribution in [0.3, 0.4) is 0 Å². The molecule has 2 saturated carbocycles. The summed E-state index contributed by atoms with van der Waals surface area (Å²) in [6.45, 7) is 4.80. The average Bonchev–Trinajstić information content (AvgIpc) is 2.81. The van der Waals surface area contributed by atoms with Gasteiger partial charge < -0.3 is 4.74 Å². The van der Waals surface area contributed by atoms with Gasteiger partial charge in [-0.3, -0.25) is 0 Å². The molecule has 0 radical (unpaired) electrons. The summed E-state index contributed by atoms with van der Waals surface area (Å²) in [5, 5.41) is 0. The van der Waals surface area contributed by atoms with Gasteiger partial charge in [0.25, 0.3) is 0 Å². The number of hydrogen-bond acceptors (Lipinski definition) is 1. The Morgan fingerprint density at radius 1 is 0.938 bits per heavy atom. The van der Waals surface area contributed by atoms with E-state index in [1.165, 1.54) is 82.6 Å². The lowest BCUT2D eigenvalue weighted by atomic mass is 9.61. The minimum Gasteiger partial charge on any atom is -0.489 e. The Morgan fingerprint density at radius 3 is 2.53 bits per heavy atom. The van der Waals surface area contributed by atoms with Crippen LogP contribution in [0.2, 0.25) is 0 Å². The predicted molar refractivity (Wildman–Crippen MR) is 133 cm³/mol. The SMILES string of the molecule is C/C=C/COc1cc(F)c2c(c1)CCC(C1CCC3CC(CCCCCC)CCC3C1)C2. The molecular weight excluding hydrogens is 395 g/mol. The van der Waals surface area contributed by atoms with Gasteiger partial charge in [0.2, 0.25) is 0 Å². The number of aryl methyl sites for hydroxylation is 1. The predicted octanol–water partition coefficient (Wildman–Crippen LogP) is 8.69. The third-order valence-electron chi connectivity index (χ3n) is 8.99. The van der Waals surface area contributed by atoms with Crippen molar-refractivity contribution in [3.8, 4) is 5.75 Å². The molecule has 1 nitrogen and oxygen atoms in total. The van der Waals surface area contributed by atoms with Crippen LogP contribution >= 0.6 is 0 Å². The van der Waals surface area contributed by atoms with Gasteiger partial charge in [0.05, 0.1) is 0 Å². The van der Waals surface area contributed by atoms with Crippen molar-refractivity contribution in [1.82, 2.24) is 0 Å². The van der Waals surface area contributed by atoms with Crippen molar-refractivity contribution in [1.29, 1.82) is 0 Å². The van der Waals surface area contributed by atoms with Crippen LogP contribution in [0.1, 0.15) is 102 Å². The van der Waals surface area contributed by atoms with Gasteiger partial charge in [-0.1, -0.05) is 57.6 Å². The molecule has 0 aromatic heterocycles. The summed E-state index contributed by atoms with van der Waals surface area (Å²) in [5.74, 6) is 5.08. The molecule has 0 N–H and O–H groups in total. The van der Waals surface area contributed by atoms with Crippen LogP contribution in [0.4, 0.5) is 4.39 Å². The van der Waals surface area contributed by atoms with Gasteiger partial charge in [-0.2, -0.15) is 0 Å². The van der Waals surface area contributed by atoms with Crippen molar-refractivity contribution in [3.63, 3.8) is 0 Å². The van der Waals surface area contributed by atoms with Gasteiger partial charge in [-0.15, -0.1) is 0 Å². The number of unbranched alkanes of at least 4 members (excludes halogenated alkanes) is 3. The molecule has 0 saturated heterocycles. The summed E-state index contributed by atoms with van der Waals surface area (Å²) >= 11 is 0. The molecule has 4 rings (SSSR count). The molecule has 1 aromatic carbocycles. The molecule has 3 aliphatic carbocycles. The van der Waals surface area contributed by atoms with E-state index in [1.807, 2.05) is 19.1 Å². The molecule has 0 bridgehead atoms. The van der Waals surface area contributed by atoms with Crippen LogP contribution in [-0.2, 0) is 12.8 Å². The van der Waals surface area contributed by atoms with Crippen molar-refractivity contribution in [2.45, 2.75) is 104 Å². The molecule has 1 aromatic rings. The van der Waals surface area contributed by atoms with E-state index in [0.717, 1.165) is 42.1 Å². The fraction of sp³-hybridized carbons (Fsp3) is 0.733. The lowest BCUT2D eigenvalue weighted by Crippen LogP contribution is -2.35. The summed E-state index contributed by atoms with van der Waals surface area (Å²) in [4.78, 5) is 0. The number of fused-ring (bicyclic) bond motifs is 2. The molecule has 2 fully saturated rings. The number of hydrogen-bond donors (Lipinski definition) is 0. The van der Waals surface area contributed by atoms with Crippen LogP contribution in [0.15, 0.2) is 24.3 Å². The van der Waals surface area contributed by atoms with E-state index in [2.05, 4.69) is 13.0 Å². The highest BCUT2D eigenvalue weighted by molar-refractivity contribution is 5.39. The van der Waals surface area contributed by atoms with E-state index in [9.17, 15) is 4.39 Å². The van der Waals surface area contributed by atoms with E-state index in [0.29, 0.717) is 18.3 Å². The highest BCUT2D eigenvalue weighted by Gasteiger charge is 2.38. The number of ether oxygens (including phenoxy) is 1. The highest BCUT2D eigenvalue weighted by atomic mass is 19.1. The highest BCUT2D eigenvalue weighted by Crippen LogP contribution is 2.49. The molecule has 2 heteroatoms. The van der Waals surface area contributed by atoms with Crippen molar-refractivity contribution in [2.24, 2.45) is 29.6 Å². The maximum atomic E-state index is 14.9. The van der Waals surface area contributed by atoms with Gasteiger partial charge in [0.15, 0.2) is 0 Å². The Labute approximate surface area is 196 Å². The average molecular weight is 441 g/mol. The Morgan fingerprint density at radius 2 is 1.72 bits per heavy atom. The second-order valence-electron chi connectivity index (χ2n) is 11.0. The summed E-state index contributed by atoms with van der Waals surface area (Å²) in [6.07, 6.45) is 22.9. The third-order valence-corrected chi connectivity index (χ3v) is 8.99. The lowest BCUT2D eigenvalue weighted by Gasteiger charge is -2.45. The van der Waals surface area contributed by atoms with Gasteiger partial charge in [0.1, 0.15) is 18.2 Å². The van der Waals surface area contributed by atoms with E-state index in [-0.39, 0.29) is 5.82 Å². The van der Waals surface area contributed by atoms with Crippen LogP contribution in [0.25, 0.3) is 0 Å². The minimum atomic E-state index is -0.0417. The molecule has 0 spiro atoms. The Hall–Kier alpha value is -1.31. The van der Waals surface area contributed by atoms with Gasteiger partial charge in [0, 0.05) is 6.07 Å². The number of allylic oxidation sites excluding steroid dienone is 1. The molecule has 32 heavy (non-hydrogen) atoms. The molecule has 0 amide bonds. The molecular formula is C30H45FO. The fourth-order valence-electron chi connectivity index (χ4n) is 7.12. The topological polar surface area (TPSA) is 9.23 Å². The standard InChI is InChI=1S/C30H45FO/c1-3-5-7-8-9-22-10-11-24-18-25(13-12-23(24)17-22)26-14-15-27-19-28(32-16-6-4-2)21-30(31)29(27)20-26/h4,6,19,21-26H,3,5,7-18,20H2,1-2H3/b6-4+. The van der Waals surface area contributed by atoms with Gasteiger partial charge in [-0.05, 0) is 105 Å². The second-order valence-corrected chi connectivity index (χ2v) is 11.0. The quantitative estimate of drug-likeness (QED) is 0.276. The number of benzene rings is 1. The molecule has 5 atom stereocenters. The van der Waals surface area contributed by atoms with Crippen molar-refractivity contribution in [3.05, 3.63) is 41.2 Å². The van der Waals surface area contributed by atoms with Crippen molar-refractivity contribution < 1.29 is 9.13 Å². The van der Waals surface area contributed by atoms with Crippen LogP contribution < -0.4 is 4.74 Å². The number of rotatable bonds is 9. The monoisotopic (exact) mass is 440 g/mol. The molecule has 178 valence electrons. The second kappa shape index (κ2) is 11.7. The first kappa shape index (κ1) is 23.8. The van der Waals surface area contributed by atoms with Gasteiger partial charge >= 0.3 is 0 Å². The fourth-order valence-corrected chi connectivity index (χ4v) is 7.12. The summed E-state index contributed by atoms with van der Waals surface area (Å²) in [7, 11) is 0. The normalized spacial score (nSPS) is 30.2. The maximum absolute atomic E-state index is 14.9. The zero-order valence-electron chi connectivity index (χ0n) is 20.6. The van der Waals surface area contributed by atoms with Crippen molar-refractivity contribution >= 4 is 0 Å². The van der Waals surface area contributed by atoms with Crippen LogP contribution in [-0.4, -0.2) is 6.61 Å². The summed E-state index contributed by atoms with van der Waals surface area (Å²) in [6, 6.07) is 3.71. The largest absolute Gasteiger partial charge is 0.489 e. The van der Waals surface area contributed by atoms with Crippen molar-refractivity contribution in [2.75, 3.05) is 6.61 Å². The van der Waals surface area contributed by atoms with Crippen LogP contribution in [0, 0.1) is 35.4 Å². The lowest BCUT2D eigenvalue weighted by molar-refractivity contribution is 0.0687. The zero-order valence-corrected chi connectivity index (χ0v) is 20.6. The number of halogens is 1. The Kier molecular flexibility index (Phi) is 8.72. The molecule has 5 unspecified atom stereocenters. The van der Waals surface area contributed by atoms with Gasteiger partial charge in [-0.25, -0.2) is 4.39 Å². The molecule has 0 aliphatic heterocycles. The van der Waals surface area contributed by atoms with E-state index in [1.54, 1.807) is 6.07 Å². The summed E-state index contributed by atoms with van der Waals surface area (Å²) in [5.41, 5.74) is 2.17. The third kappa shape index (κ3) is 5.97. The van der Waals surface area contributed by atoms with E-state index in [4.69, 9.17) is 4.74 Å².